The van der Waals surface area contributed by atoms with Gasteiger partial charge in [-0.25, -0.2) is 9.59 Å². The summed E-state index contributed by atoms with van der Waals surface area (Å²) in [6.07, 6.45) is 1.37. The lowest BCUT2D eigenvalue weighted by molar-refractivity contribution is 0.0733. The topological polar surface area (TPSA) is 90.6 Å². The summed E-state index contributed by atoms with van der Waals surface area (Å²) in [5, 5.41) is 2.57. The predicted octanol–water partition coefficient (Wildman–Crippen LogP) is 3.89. The molecule has 1 amide bonds. The maximum absolute atomic E-state index is 12.5. The number of carbonyl (C=O) groups is 2. The fraction of sp³-hybridized carbons (Fsp3) is 0.300. The van der Waals surface area contributed by atoms with Crippen LogP contribution in [0.3, 0.4) is 0 Å². The number of ether oxygens (including phenoxy) is 2. The van der Waals surface area contributed by atoms with Gasteiger partial charge in [-0.1, -0.05) is 37.6 Å². The zero-order chi connectivity index (χ0) is 18.9. The normalized spacial score (nSPS) is 10.3. The summed E-state index contributed by atoms with van der Waals surface area (Å²) in [7, 11) is 0. The number of rotatable bonds is 7. The Kier molecular flexibility index (Phi) is 7.17. The molecule has 0 saturated carbocycles. The fourth-order valence-electron chi connectivity index (χ4n) is 2.49. The van der Waals surface area contributed by atoms with Gasteiger partial charge in [-0.2, -0.15) is 0 Å². The number of amides is 1. The van der Waals surface area contributed by atoms with E-state index in [4.69, 9.17) is 15.2 Å². The van der Waals surface area contributed by atoms with Gasteiger partial charge in [-0.3, -0.25) is 5.32 Å². The Morgan fingerprint density at radius 1 is 1.08 bits per heavy atom. The van der Waals surface area contributed by atoms with E-state index in [2.05, 4.69) is 12.2 Å². The number of hydrogen-bond donors (Lipinski definition) is 2. The van der Waals surface area contributed by atoms with Crippen molar-refractivity contribution >= 4 is 17.7 Å². The Morgan fingerprint density at radius 2 is 1.81 bits per heavy atom. The number of nitrogens with one attached hydrogen (secondary N) is 1. The van der Waals surface area contributed by atoms with Gasteiger partial charge < -0.3 is 15.2 Å². The lowest BCUT2D eigenvalue weighted by Gasteiger charge is -2.14. The molecule has 0 aliphatic heterocycles. The summed E-state index contributed by atoms with van der Waals surface area (Å²) in [5.74, 6) is -0.286. The van der Waals surface area contributed by atoms with Gasteiger partial charge in [-0.05, 0) is 37.1 Å². The summed E-state index contributed by atoms with van der Waals surface area (Å²) >= 11 is 0. The second-order valence-electron chi connectivity index (χ2n) is 5.68. The van der Waals surface area contributed by atoms with Crippen molar-refractivity contribution in [3.05, 3.63) is 59.2 Å². The highest BCUT2D eigenvalue weighted by molar-refractivity contribution is 5.93. The van der Waals surface area contributed by atoms with Gasteiger partial charge in [0.25, 0.3) is 0 Å². The molecule has 6 heteroatoms. The Balaban J connectivity index is 2.23. The number of para-hydroxylation sites is 1. The van der Waals surface area contributed by atoms with E-state index in [-0.39, 0.29) is 18.9 Å². The van der Waals surface area contributed by atoms with Crippen molar-refractivity contribution in [2.24, 2.45) is 5.73 Å². The second-order valence-corrected chi connectivity index (χ2v) is 5.68. The third-order valence-corrected chi connectivity index (χ3v) is 3.75. The van der Waals surface area contributed by atoms with Crippen LogP contribution < -0.4 is 15.8 Å². The van der Waals surface area contributed by atoms with Crippen molar-refractivity contribution in [1.82, 2.24) is 0 Å². The van der Waals surface area contributed by atoms with Crippen molar-refractivity contribution in [3.63, 3.8) is 0 Å². The molecule has 0 unspecified atom stereocenters. The van der Waals surface area contributed by atoms with Crippen LogP contribution in [0.15, 0.2) is 42.5 Å². The highest BCUT2D eigenvalue weighted by Gasteiger charge is 2.17. The third-order valence-electron chi connectivity index (χ3n) is 3.75. The molecule has 0 fully saturated rings. The van der Waals surface area contributed by atoms with Gasteiger partial charge in [0.1, 0.15) is 0 Å². The average molecular weight is 356 g/mol. The number of nitrogens with two attached hydrogens (primary N) is 1. The van der Waals surface area contributed by atoms with Crippen molar-refractivity contribution in [3.8, 4) is 5.75 Å². The van der Waals surface area contributed by atoms with Crippen LogP contribution in [-0.2, 0) is 17.7 Å². The Bertz CT molecular complexity index is 757. The van der Waals surface area contributed by atoms with Crippen LogP contribution in [0.4, 0.5) is 10.5 Å². The van der Waals surface area contributed by atoms with Gasteiger partial charge in [-0.15, -0.1) is 0 Å². The van der Waals surface area contributed by atoms with E-state index >= 15 is 0 Å². The van der Waals surface area contributed by atoms with E-state index in [0.29, 0.717) is 16.8 Å². The lowest BCUT2D eigenvalue weighted by atomic mass is 10.1. The van der Waals surface area contributed by atoms with Crippen molar-refractivity contribution < 1.29 is 19.1 Å². The maximum atomic E-state index is 12.5. The lowest BCUT2D eigenvalue weighted by Crippen LogP contribution is -2.17. The van der Waals surface area contributed by atoms with E-state index in [1.54, 1.807) is 37.3 Å². The van der Waals surface area contributed by atoms with Gasteiger partial charge in [0, 0.05) is 12.1 Å². The fourth-order valence-corrected chi connectivity index (χ4v) is 2.49. The molecule has 0 heterocycles. The molecule has 3 N–H and O–H groups in total. The van der Waals surface area contributed by atoms with E-state index in [1.807, 2.05) is 12.1 Å². The zero-order valence-corrected chi connectivity index (χ0v) is 15.1. The molecule has 2 rings (SSSR count). The number of aryl methyl sites for hydroxylation is 1. The monoisotopic (exact) mass is 356 g/mol. The molecule has 0 saturated heterocycles. The van der Waals surface area contributed by atoms with Gasteiger partial charge in [0.2, 0.25) is 0 Å². The zero-order valence-electron chi connectivity index (χ0n) is 15.1. The largest absolute Gasteiger partial charge is 0.450 e. The number of carbonyl (C=O) groups excluding carboxylic acids is 2. The standard InChI is InChI=1S/C20H24N2O4/c1-3-6-14-9-11-15(12-10-14)19(23)26-18-16(13-21)7-5-8-17(18)22-20(24)25-4-2/h5,7-12H,3-4,6,13,21H2,1-2H3,(H,22,24). The number of hydrogen-bond acceptors (Lipinski definition) is 5. The number of benzene rings is 2. The van der Waals surface area contributed by atoms with E-state index in [9.17, 15) is 9.59 Å². The molecule has 0 radical (unpaired) electrons. The Labute approximate surface area is 153 Å². The minimum Gasteiger partial charge on any atom is -0.450 e. The maximum Gasteiger partial charge on any atom is 0.411 e. The summed E-state index contributed by atoms with van der Waals surface area (Å²) in [5.41, 5.74) is 8.28. The van der Waals surface area contributed by atoms with Crippen LogP contribution in [0.1, 0.15) is 41.8 Å². The molecule has 26 heavy (non-hydrogen) atoms. The second kappa shape index (κ2) is 9.58. The van der Waals surface area contributed by atoms with Crippen LogP contribution in [0, 0.1) is 0 Å². The first-order chi connectivity index (χ1) is 12.6. The Hall–Kier alpha value is -2.86. The van der Waals surface area contributed by atoms with Crippen molar-refractivity contribution in [1.29, 1.82) is 0 Å². The molecule has 138 valence electrons. The first-order valence-electron chi connectivity index (χ1n) is 8.65. The molecule has 6 nitrogen and oxygen atoms in total. The third kappa shape index (κ3) is 5.07. The Morgan fingerprint density at radius 3 is 2.42 bits per heavy atom. The molecule has 0 aliphatic rings. The summed E-state index contributed by atoms with van der Waals surface area (Å²) in [4.78, 5) is 24.2. The molecule has 0 aromatic heterocycles. The van der Waals surface area contributed by atoms with Crippen molar-refractivity contribution in [2.45, 2.75) is 33.2 Å². The first kappa shape index (κ1) is 19.5. The van der Waals surface area contributed by atoms with Gasteiger partial charge in [0.05, 0.1) is 17.9 Å². The number of esters is 1. The van der Waals surface area contributed by atoms with E-state index < -0.39 is 12.1 Å². The molecule has 2 aromatic rings. The van der Waals surface area contributed by atoms with Crippen LogP contribution in [0.25, 0.3) is 0 Å². The summed E-state index contributed by atoms with van der Waals surface area (Å²) in [6, 6.07) is 12.4. The molecular formula is C20H24N2O4. The van der Waals surface area contributed by atoms with E-state index in [1.165, 1.54) is 0 Å². The minimum atomic E-state index is -0.622. The highest BCUT2D eigenvalue weighted by Crippen LogP contribution is 2.30. The average Bonchev–Trinajstić information content (AvgIpc) is 2.64. The smallest absolute Gasteiger partial charge is 0.411 e. The minimum absolute atomic E-state index is 0.163. The molecule has 2 aromatic carbocycles. The highest BCUT2D eigenvalue weighted by atomic mass is 16.6. The van der Waals surface area contributed by atoms with Gasteiger partial charge >= 0.3 is 12.1 Å². The quantitative estimate of drug-likeness (QED) is 0.580. The molecule has 0 bridgehead atoms. The summed E-state index contributed by atoms with van der Waals surface area (Å²) in [6.45, 7) is 4.21. The van der Waals surface area contributed by atoms with Crippen LogP contribution in [0.5, 0.6) is 5.75 Å². The molecular weight excluding hydrogens is 332 g/mol. The molecule has 0 atom stereocenters. The predicted molar refractivity (Wildman–Crippen MR) is 100 cm³/mol. The SMILES string of the molecule is CCCc1ccc(C(=O)Oc2c(CN)cccc2NC(=O)OCC)cc1. The van der Waals surface area contributed by atoms with Crippen LogP contribution in [-0.4, -0.2) is 18.7 Å². The number of anilines is 1. The molecule has 0 aliphatic carbocycles. The first-order valence-corrected chi connectivity index (χ1v) is 8.65. The summed E-state index contributed by atoms with van der Waals surface area (Å²) < 4.78 is 10.4. The molecule has 0 spiro atoms. The van der Waals surface area contributed by atoms with Crippen molar-refractivity contribution in [2.75, 3.05) is 11.9 Å². The van der Waals surface area contributed by atoms with E-state index in [0.717, 1.165) is 18.4 Å². The van der Waals surface area contributed by atoms with Gasteiger partial charge in [0.15, 0.2) is 5.75 Å². The van der Waals surface area contributed by atoms with Crippen LogP contribution >= 0.6 is 0 Å². The van der Waals surface area contributed by atoms with Crippen LogP contribution in [0.2, 0.25) is 0 Å².